The maximum Gasteiger partial charge on any atom is 0.265 e. The molecule has 2 aliphatic rings. The van der Waals surface area contributed by atoms with Gasteiger partial charge in [0, 0.05) is 18.8 Å². The number of rotatable bonds is 7. The summed E-state index contributed by atoms with van der Waals surface area (Å²) in [6, 6.07) is 14.4. The van der Waals surface area contributed by atoms with Gasteiger partial charge in [-0.05, 0) is 49.6 Å². The molecule has 168 valence electrons. The minimum Gasteiger partial charge on any atom is -0.493 e. The Morgan fingerprint density at radius 2 is 1.81 bits per heavy atom. The fraction of sp³-hybridized carbons (Fsp3) is 0.375. The zero-order valence-electron chi connectivity index (χ0n) is 17.9. The van der Waals surface area contributed by atoms with Gasteiger partial charge in [-0.25, -0.2) is 0 Å². The molecule has 0 spiro atoms. The van der Waals surface area contributed by atoms with Crippen LogP contribution in [0.1, 0.15) is 25.7 Å². The molecule has 8 nitrogen and oxygen atoms in total. The third kappa shape index (κ3) is 5.38. The van der Waals surface area contributed by atoms with E-state index in [1.165, 1.54) is 4.90 Å². The molecule has 0 aliphatic carbocycles. The van der Waals surface area contributed by atoms with Crippen LogP contribution >= 0.6 is 0 Å². The quantitative estimate of drug-likeness (QED) is 0.720. The predicted molar refractivity (Wildman–Crippen MR) is 120 cm³/mol. The van der Waals surface area contributed by atoms with E-state index in [2.05, 4.69) is 5.32 Å². The molecule has 32 heavy (non-hydrogen) atoms. The number of likely N-dealkylation sites (tertiary alicyclic amines) is 1. The first kappa shape index (κ1) is 21.7. The van der Waals surface area contributed by atoms with Gasteiger partial charge in [-0.15, -0.1) is 0 Å². The largest absolute Gasteiger partial charge is 0.493 e. The van der Waals surface area contributed by atoms with Gasteiger partial charge in [-0.1, -0.05) is 18.2 Å². The second-order valence-electron chi connectivity index (χ2n) is 7.85. The number of nitrogens with one attached hydrogen (secondary N) is 1. The summed E-state index contributed by atoms with van der Waals surface area (Å²) in [5.41, 5.74) is 1.02. The summed E-state index contributed by atoms with van der Waals surface area (Å²) in [6.45, 7) is 1.57. The SMILES string of the molecule is O=C(CCOc1ccccc1)Nc1ccc2c(c1)N(CC(=O)N1CCCCC1)C(=O)CO2. The molecule has 0 saturated carbocycles. The van der Waals surface area contributed by atoms with Gasteiger partial charge in [0.15, 0.2) is 6.61 Å². The smallest absolute Gasteiger partial charge is 0.265 e. The zero-order chi connectivity index (χ0) is 22.3. The Morgan fingerprint density at radius 3 is 2.59 bits per heavy atom. The lowest BCUT2D eigenvalue weighted by Gasteiger charge is -2.33. The Bertz CT molecular complexity index is 973. The van der Waals surface area contributed by atoms with Crippen LogP contribution in [0, 0.1) is 0 Å². The number of benzene rings is 2. The van der Waals surface area contributed by atoms with E-state index in [0.29, 0.717) is 22.9 Å². The summed E-state index contributed by atoms with van der Waals surface area (Å²) in [4.78, 5) is 40.8. The van der Waals surface area contributed by atoms with Gasteiger partial charge in [-0.2, -0.15) is 0 Å². The fourth-order valence-corrected chi connectivity index (χ4v) is 3.83. The second kappa shape index (κ2) is 10.2. The van der Waals surface area contributed by atoms with Crippen LogP contribution < -0.4 is 19.7 Å². The average molecular weight is 437 g/mol. The summed E-state index contributed by atoms with van der Waals surface area (Å²) in [5.74, 6) is 0.668. The maximum atomic E-state index is 12.7. The number of para-hydroxylation sites is 1. The molecule has 0 aromatic heterocycles. The Morgan fingerprint density at radius 1 is 1.03 bits per heavy atom. The van der Waals surface area contributed by atoms with Crippen molar-refractivity contribution >= 4 is 29.1 Å². The van der Waals surface area contributed by atoms with Crippen molar-refractivity contribution in [3.8, 4) is 11.5 Å². The lowest BCUT2D eigenvalue weighted by atomic mass is 10.1. The Hall–Kier alpha value is -3.55. The summed E-state index contributed by atoms with van der Waals surface area (Å²) >= 11 is 0. The second-order valence-corrected chi connectivity index (χ2v) is 7.85. The third-order valence-electron chi connectivity index (χ3n) is 5.53. The van der Waals surface area contributed by atoms with Gasteiger partial charge in [0.05, 0.1) is 18.7 Å². The van der Waals surface area contributed by atoms with Crippen LogP contribution in [-0.4, -0.2) is 55.5 Å². The van der Waals surface area contributed by atoms with Crippen molar-refractivity contribution in [1.29, 1.82) is 0 Å². The maximum absolute atomic E-state index is 12.7. The van der Waals surface area contributed by atoms with E-state index in [4.69, 9.17) is 9.47 Å². The van der Waals surface area contributed by atoms with Gasteiger partial charge < -0.3 is 19.7 Å². The van der Waals surface area contributed by atoms with E-state index < -0.39 is 0 Å². The van der Waals surface area contributed by atoms with Gasteiger partial charge in [0.25, 0.3) is 5.91 Å². The van der Waals surface area contributed by atoms with E-state index in [9.17, 15) is 14.4 Å². The summed E-state index contributed by atoms with van der Waals surface area (Å²) < 4.78 is 11.1. The van der Waals surface area contributed by atoms with Crippen molar-refractivity contribution in [2.75, 3.05) is 43.1 Å². The lowest BCUT2D eigenvalue weighted by Crippen LogP contribution is -2.47. The molecule has 2 aliphatic heterocycles. The highest BCUT2D eigenvalue weighted by Gasteiger charge is 2.29. The summed E-state index contributed by atoms with van der Waals surface area (Å²) in [6.07, 6.45) is 3.29. The van der Waals surface area contributed by atoms with Crippen LogP contribution in [-0.2, 0) is 14.4 Å². The standard InChI is InChI=1S/C24H27N3O5/c28-22(11-14-31-19-7-3-1-4-8-19)25-18-9-10-21-20(15-18)27(24(30)17-32-21)16-23(29)26-12-5-2-6-13-26/h1,3-4,7-10,15H,2,5-6,11-14,16-17H2,(H,25,28). The number of amides is 3. The van der Waals surface area contributed by atoms with Gasteiger partial charge >= 0.3 is 0 Å². The molecule has 1 N–H and O–H groups in total. The number of anilines is 2. The summed E-state index contributed by atoms with van der Waals surface area (Å²) in [7, 11) is 0. The first-order valence-corrected chi connectivity index (χ1v) is 10.9. The molecule has 3 amide bonds. The number of ether oxygens (including phenoxy) is 2. The van der Waals surface area contributed by atoms with E-state index in [0.717, 1.165) is 32.4 Å². The first-order valence-electron chi connectivity index (χ1n) is 10.9. The van der Waals surface area contributed by atoms with Crippen molar-refractivity contribution in [2.45, 2.75) is 25.7 Å². The fourth-order valence-electron chi connectivity index (χ4n) is 3.83. The third-order valence-corrected chi connectivity index (χ3v) is 5.53. The number of carbonyl (C=O) groups excluding carboxylic acids is 3. The van der Waals surface area contributed by atoms with Gasteiger partial charge in [0.1, 0.15) is 18.0 Å². The minimum atomic E-state index is -0.275. The van der Waals surface area contributed by atoms with Crippen LogP contribution in [0.2, 0.25) is 0 Å². The molecule has 0 bridgehead atoms. The van der Waals surface area contributed by atoms with Crippen molar-refractivity contribution < 1.29 is 23.9 Å². The molecule has 2 heterocycles. The molecular formula is C24H27N3O5. The topological polar surface area (TPSA) is 88.2 Å². The highest BCUT2D eigenvalue weighted by molar-refractivity contribution is 6.03. The molecule has 0 atom stereocenters. The highest BCUT2D eigenvalue weighted by atomic mass is 16.5. The van der Waals surface area contributed by atoms with Crippen LogP contribution in [0.3, 0.4) is 0 Å². The van der Waals surface area contributed by atoms with Crippen molar-refractivity contribution in [2.24, 2.45) is 0 Å². The van der Waals surface area contributed by atoms with Crippen LogP contribution in [0.25, 0.3) is 0 Å². The normalized spacial score (nSPS) is 15.6. The molecule has 2 aromatic carbocycles. The number of hydrogen-bond donors (Lipinski definition) is 1. The molecule has 0 radical (unpaired) electrons. The van der Waals surface area contributed by atoms with Crippen LogP contribution in [0.4, 0.5) is 11.4 Å². The monoisotopic (exact) mass is 437 g/mol. The molecule has 4 rings (SSSR count). The molecule has 8 heteroatoms. The highest BCUT2D eigenvalue weighted by Crippen LogP contribution is 2.34. The number of hydrogen-bond acceptors (Lipinski definition) is 5. The van der Waals surface area contributed by atoms with Gasteiger partial charge in [-0.3, -0.25) is 19.3 Å². The van der Waals surface area contributed by atoms with Gasteiger partial charge in [0.2, 0.25) is 11.8 Å². The van der Waals surface area contributed by atoms with E-state index in [1.807, 2.05) is 35.2 Å². The van der Waals surface area contributed by atoms with Crippen molar-refractivity contribution in [1.82, 2.24) is 4.90 Å². The van der Waals surface area contributed by atoms with Crippen molar-refractivity contribution in [3.63, 3.8) is 0 Å². The molecular weight excluding hydrogens is 410 g/mol. The van der Waals surface area contributed by atoms with E-state index >= 15 is 0 Å². The number of fused-ring (bicyclic) bond motifs is 1. The average Bonchev–Trinajstić information content (AvgIpc) is 2.82. The number of carbonyl (C=O) groups is 3. The van der Waals surface area contributed by atoms with Crippen LogP contribution in [0.15, 0.2) is 48.5 Å². The van der Waals surface area contributed by atoms with E-state index in [-0.39, 0.29) is 43.9 Å². The lowest BCUT2D eigenvalue weighted by molar-refractivity contribution is -0.132. The number of piperidine rings is 1. The number of nitrogens with zero attached hydrogens (tertiary/aromatic N) is 2. The predicted octanol–water partition coefficient (Wildman–Crippen LogP) is 2.83. The molecule has 1 saturated heterocycles. The van der Waals surface area contributed by atoms with Crippen molar-refractivity contribution in [3.05, 3.63) is 48.5 Å². The Kier molecular flexibility index (Phi) is 6.89. The Balaban J connectivity index is 1.38. The first-order chi connectivity index (χ1) is 15.6. The minimum absolute atomic E-state index is 0.0302. The summed E-state index contributed by atoms with van der Waals surface area (Å²) in [5, 5.41) is 2.82. The molecule has 1 fully saturated rings. The van der Waals surface area contributed by atoms with E-state index in [1.54, 1.807) is 18.2 Å². The molecule has 2 aromatic rings. The van der Waals surface area contributed by atoms with Crippen LogP contribution in [0.5, 0.6) is 11.5 Å². The zero-order valence-corrected chi connectivity index (χ0v) is 17.9. The molecule has 0 unspecified atom stereocenters. The Labute approximate surface area is 187 Å².